The Bertz CT molecular complexity index is 559. The highest BCUT2D eigenvalue weighted by Crippen LogP contribution is 2.12. The lowest BCUT2D eigenvalue weighted by atomic mass is 10.2. The zero-order chi connectivity index (χ0) is 14.4. The summed E-state index contributed by atoms with van der Waals surface area (Å²) in [5.74, 6) is 0.750. The van der Waals surface area contributed by atoms with Gasteiger partial charge in [-0.15, -0.1) is 0 Å². The van der Waals surface area contributed by atoms with Crippen LogP contribution in [0.25, 0.3) is 0 Å². The topological polar surface area (TPSA) is 38.3 Å². The fraction of sp³-hybridized carbons (Fsp3) is 0.235. The molecule has 104 valence electrons. The molecule has 0 spiro atoms. The van der Waals surface area contributed by atoms with Crippen LogP contribution in [0.4, 0.5) is 5.69 Å². The number of amides is 1. The lowest BCUT2D eigenvalue weighted by molar-refractivity contribution is -0.116. The van der Waals surface area contributed by atoms with Crippen molar-refractivity contribution in [3.8, 4) is 5.75 Å². The van der Waals surface area contributed by atoms with E-state index in [-0.39, 0.29) is 5.91 Å². The first kappa shape index (κ1) is 14.1. The Labute approximate surface area is 119 Å². The molecule has 0 aromatic heterocycles. The number of hydrogen-bond acceptors (Lipinski definition) is 2. The van der Waals surface area contributed by atoms with Crippen LogP contribution in [-0.4, -0.2) is 12.5 Å². The summed E-state index contributed by atoms with van der Waals surface area (Å²) >= 11 is 0. The molecule has 1 amide bonds. The van der Waals surface area contributed by atoms with E-state index < -0.39 is 0 Å². The maximum absolute atomic E-state index is 11.8. The van der Waals surface area contributed by atoms with Crippen LogP contribution in [0.5, 0.6) is 5.75 Å². The maximum atomic E-state index is 11.8. The van der Waals surface area contributed by atoms with Gasteiger partial charge in [-0.25, -0.2) is 0 Å². The van der Waals surface area contributed by atoms with E-state index in [0.29, 0.717) is 13.0 Å². The Hall–Kier alpha value is -2.29. The van der Waals surface area contributed by atoms with Crippen molar-refractivity contribution in [3.05, 3.63) is 59.7 Å². The Morgan fingerprint density at radius 3 is 2.10 bits per heavy atom. The second-order valence-corrected chi connectivity index (χ2v) is 4.83. The molecular formula is C17H19NO2. The fourth-order valence-corrected chi connectivity index (χ4v) is 1.76. The summed E-state index contributed by atoms with van der Waals surface area (Å²) in [7, 11) is 0. The largest absolute Gasteiger partial charge is 0.493 e. The number of benzene rings is 2. The fourth-order valence-electron chi connectivity index (χ4n) is 1.76. The first-order chi connectivity index (χ1) is 9.63. The Kier molecular flexibility index (Phi) is 4.77. The second-order valence-electron chi connectivity index (χ2n) is 4.83. The molecule has 0 radical (unpaired) electrons. The van der Waals surface area contributed by atoms with Crippen molar-refractivity contribution in [2.75, 3.05) is 11.9 Å². The summed E-state index contributed by atoms with van der Waals surface area (Å²) in [6.45, 7) is 4.42. The monoisotopic (exact) mass is 269 g/mol. The molecule has 2 aromatic rings. The molecule has 0 heterocycles. The molecule has 1 N–H and O–H groups in total. The summed E-state index contributed by atoms with van der Waals surface area (Å²) in [6.07, 6.45) is 0.335. The summed E-state index contributed by atoms with van der Waals surface area (Å²) in [5.41, 5.74) is 3.18. The van der Waals surface area contributed by atoms with E-state index in [0.717, 1.165) is 11.4 Å². The molecule has 0 unspecified atom stereocenters. The van der Waals surface area contributed by atoms with Crippen molar-refractivity contribution in [1.29, 1.82) is 0 Å². The van der Waals surface area contributed by atoms with Crippen molar-refractivity contribution < 1.29 is 9.53 Å². The van der Waals surface area contributed by atoms with Gasteiger partial charge in [-0.3, -0.25) is 4.79 Å². The molecule has 0 bridgehead atoms. The van der Waals surface area contributed by atoms with Crippen molar-refractivity contribution in [2.24, 2.45) is 0 Å². The van der Waals surface area contributed by atoms with Crippen LogP contribution >= 0.6 is 0 Å². The number of rotatable bonds is 5. The van der Waals surface area contributed by atoms with E-state index in [1.165, 1.54) is 11.1 Å². The lowest BCUT2D eigenvalue weighted by Crippen LogP contribution is -2.15. The predicted octanol–water partition coefficient (Wildman–Crippen LogP) is 3.71. The molecule has 0 aliphatic carbocycles. The van der Waals surface area contributed by atoms with E-state index in [4.69, 9.17) is 4.74 Å². The van der Waals surface area contributed by atoms with Gasteiger partial charge in [-0.1, -0.05) is 35.4 Å². The first-order valence-electron chi connectivity index (χ1n) is 6.69. The second kappa shape index (κ2) is 6.75. The van der Waals surface area contributed by atoms with Crippen LogP contribution in [0.15, 0.2) is 48.5 Å². The molecule has 2 aromatic carbocycles. The molecule has 3 heteroatoms. The number of anilines is 1. The standard InChI is InChI=1S/C17H19NO2/c1-13-3-7-15(8-4-13)18-17(19)11-12-20-16-9-5-14(2)6-10-16/h3-10H,11-12H2,1-2H3,(H,18,19). The van der Waals surface area contributed by atoms with Crippen LogP contribution < -0.4 is 10.1 Å². The van der Waals surface area contributed by atoms with Gasteiger partial charge < -0.3 is 10.1 Å². The van der Waals surface area contributed by atoms with Crippen molar-refractivity contribution in [1.82, 2.24) is 0 Å². The number of carbonyl (C=O) groups excluding carboxylic acids is 1. The molecule has 0 aliphatic rings. The molecule has 0 saturated carbocycles. The minimum Gasteiger partial charge on any atom is -0.493 e. The zero-order valence-electron chi connectivity index (χ0n) is 11.8. The van der Waals surface area contributed by atoms with Crippen LogP contribution in [0.2, 0.25) is 0 Å². The van der Waals surface area contributed by atoms with Gasteiger partial charge in [0, 0.05) is 5.69 Å². The van der Waals surface area contributed by atoms with Crippen LogP contribution in [-0.2, 0) is 4.79 Å². The van der Waals surface area contributed by atoms with Gasteiger partial charge in [0.15, 0.2) is 0 Å². The van der Waals surface area contributed by atoms with Gasteiger partial charge in [0.05, 0.1) is 13.0 Å². The van der Waals surface area contributed by atoms with Crippen LogP contribution in [0.1, 0.15) is 17.5 Å². The number of ether oxygens (including phenoxy) is 1. The Morgan fingerprint density at radius 2 is 1.50 bits per heavy atom. The number of carbonyl (C=O) groups is 1. The maximum Gasteiger partial charge on any atom is 0.227 e. The first-order valence-corrected chi connectivity index (χ1v) is 6.69. The van der Waals surface area contributed by atoms with Gasteiger partial charge in [-0.2, -0.15) is 0 Å². The highest BCUT2D eigenvalue weighted by atomic mass is 16.5. The molecule has 3 nitrogen and oxygen atoms in total. The minimum atomic E-state index is -0.0408. The lowest BCUT2D eigenvalue weighted by Gasteiger charge is -2.07. The van der Waals surface area contributed by atoms with E-state index in [9.17, 15) is 4.79 Å². The van der Waals surface area contributed by atoms with Crippen molar-refractivity contribution in [2.45, 2.75) is 20.3 Å². The molecule has 0 fully saturated rings. The number of hydrogen-bond donors (Lipinski definition) is 1. The quantitative estimate of drug-likeness (QED) is 0.898. The van der Waals surface area contributed by atoms with E-state index in [2.05, 4.69) is 5.32 Å². The summed E-state index contributed by atoms with van der Waals surface area (Å²) in [5, 5.41) is 2.85. The van der Waals surface area contributed by atoms with E-state index >= 15 is 0 Å². The SMILES string of the molecule is Cc1ccc(NC(=O)CCOc2ccc(C)cc2)cc1. The normalized spacial score (nSPS) is 10.1. The highest BCUT2D eigenvalue weighted by Gasteiger charge is 2.03. The third kappa shape index (κ3) is 4.43. The van der Waals surface area contributed by atoms with E-state index in [1.54, 1.807) is 0 Å². The molecule has 0 aliphatic heterocycles. The van der Waals surface area contributed by atoms with Gasteiger partial charge in [0.1, 0.15) is 5.75 Å². The zero-order valence-corrected chi connectivity index (χ0v) is 11.8. The highest BCUT2D eigenvalue weighted by molar-refractivity contribution is 5.90. The average Bonchev–Trinajstić information content (AvgIpc) is 2.44. The minimum absolute atomic E-state index is 0.0408. The van der Waals surface area contributed by atoms with Crippen molar-refractivity contribution in [3.63, 3.8) is 0 Å². The Morgan fingerprint density at radius 1 is 0.950 bits per heavy atom. The van der Waals surface area contributed by atoms with Gasteiger partial charge in [0.25, 0.3) is 0 Å². The Balaban J connectivity index is 1.75. The molecule has 20 heavy (non-hydrogen) atoms. The van der Waals surface area contributed by atoms with Gasteiger partial charge in [0.2, 0.25) is 5.91 Å². The van der Waals surface area contributed by atoms with Crippen LogP contribution in [0.3, 0.4) is 0 Å². The van der Waals surface area contributed by atoms with Crippen LogP contribution in [0, 0.1) is 13.8 Å². The summed E-state index contributed by atoms with van der Waals surface area (Å²) in [4.78, 5) is 11.8. The molecule has 2 rings (SSSR count). The number of aryl methyl sites for hydroxylation is 2. The molecule has 0 atom stereocenters. The third-order valence-corrected chi connectivity index (χ3v) is 2.95. The smallest absolute Gasteiger partial charge is 0.227 e. The van der Waals surface area contributed by atoms with Gasteiger partial charge in [-0.05, 0) is 38.1 Å². The van der Waals surface area contributed by atoms with E-state index in [1.807, 2.05) is 62.4 Å². The third-order valence-electron chi connectivity index (χ3n) is 2.95. The number of nitrogens with one attached hydrogen (secondary N) is 1. The predicted molar refractivity (Wildman–Crippen MR) is 81.1 cm³/mol. The summed E-state index contributed by atoms with van der Waals surface area (Å²) < 4.78 is 5.53. The molecule has 0 saturated heterocycles. The van der Waals surface area contributed by atoms with Crippen molar-refractivity contribution >= 4 is 11.6 Å². The van der Waals surface area contributed by atoms with Gasteiger partial charge >= 0.3 is 0 Å². The molecular weight excluding hydrogens is 250 g/mol. The summed E-state index contributed by atoms with van der Waals surface area (Å²) in [6, 6.07) is 15.5. The average molecular weight is 269 g/mol.